The first-order valence-electron chi connectivity index (χ1n) is 12.2. The first kappa shape index (κ1) is 26.2. The molecule has 1 atom stereocenters. The monoisotopic (exact) mass is 530 g/mol. The van der Waals surface area contributed by atoms with Crippen LogP contribution in [0.15, 0.2) is 83.8 Å². The molecule has 0 bridgehead atoms. The van der Waals surface area contributed by atoms with Gasteiger partial charge < -0.3 is 4.90 Å². The summed E-state index contributed by atoms with van der Waals surface area (Å²) in [6.07, 6.45) is 3.91. The van der Waals surface area contributed by atoms with E-state index in [1.165, 1.54) is 5.56 Å². The van der Waals surface area contributed by atoms with Gasteiger partial charge in [-0.05, 0) is 98.6 Å². The lowest BCUT2D eigenvalue weighted by molar-refractivity contribution is 0.204. The smallest absolute Gasteiger partial charge is 0.240 e. The molecular weight excluding hydrogens is 499 g/mol. The summed E-state index contributed by atoms with van der Waals surface area (Å²) in [5.41, 5.74) is 2.49. The molecule has 1 saturated heterocycles. The Morgan fingerprint density at radius 2 is 1.46 bits per heavy atom. The van der Waals surface area contributed by atoms with Crippen LogP contribution in [0.25, 0.3) is 0 Å². The summed E-state index contributed by atoms with van der Waals surface area (Å²) in [5.74, 6) is 0.777. The average Bonchev–Trinajstić information content (AvgIpc) is 2.87. The van der Waals surface area contributed by atoms with Crippen molar-refractivity contribution in [1.82, 2.24) is 9.62 Å². The van der Waals surface area contributed by atoms with Gasteiger partial charge in [0.05, 0.1) is 4.90 Å². The molecule has 0 amide bonds. The third kappa shape index (κ3) is 7.55. The van der Waals surface area contributed by atoms with Gasteiger partial charge in [0.15, 0.2) is 0 Å². The number of benzene rings is 3. The Balaban J connectivity index is 1.36. The van der Waals surface area contributed by atoms with Crippen LogP contribution in [0.5, 0.6) is 0 Å². The SMILES string of the molecule is O=S(=O)(NCCC(CCN1CCC(c2ccccc2)CC1)c1cc(Cl)cc(Cl)c1)c1ccccc1. The van der Waals surface area contributed by atoms with E-state index in [9.17, 15) is 8.42 Å². The molecule has 1 aliphatic heterocycles. The van der Waals surface area contributed by atoms with Crippen LogP contribution in [-0.2, 0) is 10.0 Å². The largest absolute Gasteiger partial charge is 0.303 e. The highest BCUT2D eigenvalue weighted by molar-refractivity contribution is 7.89. The Bertz CT molecular complexity index is 1160. The number of nitrogens with zero attached hydrogens (tertiary/aromatic N) is 1. The molecule has 1 aliphatic rings. The summed E-state index contributed by atoms with van der Waals surface area (Å²) in [6.45, 7) is 3.45. The first-order chi connectivity index (χ1) is 16.9. The number of likely N-dealkylation sites (tertiary alicyclic amines) is 1. The van der Waals surface area contributed by atoms with Gasteiger partial charge in [0.2, 0.25) is 10.0 Å². The van der Waals surface area contributed by atoms with Gasteiger partial charge in [-0.3, -0.25) is 0 Å². The zero-order valence-electron chi connectivity index (χ0n) is 19.7. The maximum absolute atomic E-state index is 12.6. The van der Waals surface area contributed by atoms with E-state index in [2.05, 4.69) is 40.0 Å². The Kier molecular flexibility index (Phi) is 9.26. The fourth-order valence-corrected chi connectivity index (χ4v) is 6.50. The van der Waals surface area contributed by atoms with E-state index in [1.807, 2.05) is 12.1 Å². The number of halogens is 2. The number of hydrogen-bond donors (Lipinski definition) is 1. The third-order valence-electron chi connectivity index (χ3n) is 6.85. The molecule has 3 aromatic rings. The Morgan fingerprint density at radius 3 is 2.09 bits per heavy atom. The van der Waals surface area contributed by atoms with Crippen LogP contribution in [0.4, 0.5) is 0 Å². The number of rotatable bonds is 10. The molecule has 0 saturated carbocycles. The second kappa shape index (κ2) is 12.4. The van der Waals surface area contributed by atoms with Crippen molar-refractivity contribution in [2.75, 3.05) is 26.2 Å². The van der Waals surface area contributed by atoms with E-state index in [0.29, 0.717) is 28.9 Å². The van der Waals surface area contributed by atoms with Gasteiger partial charge in [-0.1, -0.05) is 71.7 Å². The minimum atomic E-state index is -3.53. The lowest BCUT2D eigenvalue weighted by atomic mass is 9.88. The summed E-state index contributed by atoms with van der Waals surface area (Å²) < 4.78 is 28.1. The molecular formula is C28H32Cl2N2O2S. The fourth-order valence-electron chi connectivity index (χ4n) is 4.89. The molecule has 4 rings (SSSR count). The lowest BCUT2D eigenvalue weighted by Gasteiger charge is -2.33. The second-order valence-electron chi connectivity index (χ2n) is 9.21. The van der Waals surface area contributed by atoms with Gasteiger partial charge in [-0.2, -0.15) is 0 Å². The van der Waals surface area contributed by atoms with Crippen molar-refractivity contribution in [3.05, 3.63) is 100 Å². The standard InChI is InChI=1S/C28H32Cl2N2O2S/c29-26-19-25(20-27(30)21-26)23(11-15-31-35(33,34)28-9-5-2-6-10-28)12-16-32-17-13-24(14-18-32)22-7-3-1-4-8-22/h1-10,19-21,23-24,31H,11-18H2. The van der Waals surface area contributed by atoms with E-state index >= 15 is 0 Å². The van der Waals surface area contributed by atoms with Crippen LogP contribution < -0.4 is 4.72 Å². The zero-order valence-corrected chi connectivity index (χ0v) is 22.1. The van der Waals surface area contributed by atoms with Crippen LogP contribution >= 0.6 is 23.2 Å². The number of hydrogen-bond acceptors (Lipinski definition) is 3. The van der Waals surface area contributed by atoms with Crippen molar-refractivity contribution in [1.29, 1.82) is 0 Å². The van der Waals surface area contributed by atoms with Crippen molar-refractivity contribution in [2.24, 2.45) is 0 Å². The quantitative estimate of drug-likeness (QED) is 0.316. The van der Waals surface area contributed by atoms with E-state index in [0.717, 1.165) is 44.5 Å². The average molecular weight is 532 g/mol. The molecule has 1 heterocycles. The highest BCUT2D eigenvalue weighted by Gasteiger charge is 2.22. The van der Waals surface area contributed by atoms with Gasteiger partial charge in [0, 0.05) is 16.6 Å². The van der Waals surface area contributed by atoms with Crippen LogP contribution in [-0.4, -0.2) is 39.5 Å². The van der Waals surface area contributed by atoms with Gasteiger partial charge in [0.25, 0.3) is 0 Å². The molecule has 35 heavy (non-hydrogen) atoms. The normalized spacial score (nSPS) is 16.3. The minimum Gasteiger partial charge on any atom is -0.303 e. The molecule has 0 spiro atoms. The maximum atomic E-state index is 12.6. The maximum Gasteiger partial charge on any atom is 0.240 e. The van der Waals surface area contributed by atoms with E-state index in [-0.39, 0.29) is 10.8 Å². The third-order valence-corrected chi connectivity index (χ3v) is 8.76. The summed E-state index contributed by atoms with van der Waals surface area (Å²) in [6, 6.07) is 24.9. The molecule has 7 heteroatoms. The fraction of sp³-hybridized carbons (Fsp3) is 0.357. The molecule has 3 aromatic carbocycles. The van der Waals surface area contributed by atoms with Crippen molar-refractivity contribution >= 4 is 33.2 Å². The Hall–Kier alpha value is -1.89. The molecule has 1 unspecified atom stereocenters. The lowest BCUT2D eigenvalue weighted by Crippen LogP contribution is -2.34. The second-order valence-corrected chi connectivity index (χ2v) is 11.9. The number of sulfonamides is 1. The summed E-state index contributed by atoms with van der Waals surface area (Å²) >= 11 is 12.6. The molecule has 186 valence electrons. The van der Waals surface area contributed by atoms with Gasteiger partial charge >= 0.3 is 0 Å². The van der Waals surface area contributed by atoms with E-state index in [4.69, 9.17) is 23.2 Å². The molecule has 1 fully saturated rings. The number of nitrogens with one attached hydrogen (secondary N) is 1. The molecule has 1 N–H and O–H groups in total. The predicted octanol–water partition coefficient (Wildman–Crippen LogP) is 6.72. The first-order valence-corrected chi connectivity index (χ1v) is 14.4. The topological polar surface area (TPSA) is 49.4 Å². The van der Waals surface area contributed by atoms with Crippen LogP contribution in [0.1, 0.15) is 48.6 Å². The summed E-state index contributed by atoms with van der Waals surface area (Å²) in [7, 11) is -3.53. The molecule has 0 aliphatic carbocycles. The van der Waals surface area contributed by atoms with E-state index < -0.39 is 10.0 Å². The van der Waals surface area contributed by atoms with Crippen molar-refractivity contribution in [3.63, 3.8) is 0 Å². The van der Waals surface area contributed by atoms with Crippen LogP contribution in [0.3, 0.4) is 0 Å². The van der Waals surface area contributed by atoms with Crippen molar-refractivity contribution in [2.45, 2.75) is 42.4 Å². The predicted molar refractivity (Wildman–Crippen MR) is 145 cm³/mol. The van der Waals surface area contributed by atoms with Gasteiger partial charge in [-0.25, -0.2) is 13.1 Å². The Labute approximate surface area is 219 Å². The van der Waals surface area contributed by atoms with Gasteiger partial charge in [0.1, 0.15) is 0 Å². The summed E-state index contributed by atoms with van der Waals surface area (Å²) in [4.78, 5) is 2.80. The highest BCUT2D eigenvalue weighted by Crippen LogP contribution is 2.31. The summed E-state index contributed by atoms with van der Waals surface area (Å²) in [5, 5.41) is 1.21. The zero-order chi connectivity index (χ0) is 24.7. The molecule has 4 nitrogen and oxygen atoms in total. The minimum absolute atomic E-state index is 0.150. The highest BCUT2D eigenvalue weighted by atomic mass is 35.5. The van der Waals surface area contributed by atoms with E-state index in [1.54, 1.807) is 36.4 Å². The van der Waals surface area contributed by atoms with Crippen LogP contribution in [0.2, 0.25) is 10.0 Å². The Morgan fingerprint density at radius 1 is 0.857 bits per heavy atom. The van der Waals surface area contributed by atoms with Crippen molar-refractivity contribution in [3.8, 4) is 0 Å². The molecule has 0 radical (unpaired) electrons. The van der Waals surface area contributed by atoms with Gasteiger partial charge in [-0.15, -0.1) is 0 Å². The van der Waals surface area contributed by atoms with Crippen LogP contribution in [0, 0.1) is 0 Å². The van der Waals surface area contributed by atoms with Crippen molar-refractivity contribution < 1.29 is 8.42 Å². The molecule has 0 aromatic heterocycles. The number of piperidine rings is 1.